The summed E-state index contributed by atoms with van der Waals surface area (Å²) in [6.45, 7) is -0.487. The molecular weight excluding hydrogens is 552 g/mol. The van der Waals surface area contributed by atoms with Crippen LogP contribution in [0.2, 0.25) is 0 Å². The molecule has 0 unspecified atom stereocenters. The fourth-order valence-corrected chi connectivity index (χ4v) is 6.38. The van der Waals surface area contributed by atoms with Crippen LogP contribution in [0.15, 0.2) is 70.5 Å². The Kier molecular flexibility index (Phi) is 8.92. The van der Waals surface area contributed by atoms with Crippen molar-refractivity contribution in [2.45, 2.75) is 29.8 Å². The van der Waals surface area contributed by atoms with E-state index in [1.54, 1.807) is 6.07 Å². The van der Waals surface area contributed by atoms with Crippen LogP contribution in [0, 0.1) is 23.3 Å². The van der Waals surface area contributed by atoms with E-state index in [4.69, 9.17) is 0 Å². The minimum atomic E-state index is -4.63. The number of rotatable bonds is 11. The van der Waals surface area contributed by atoms with Crippen LogP contribution in [-0.4, -0.2) is 49.6 Å². The van der Waals surface area contributed by atoms with Gasteiger partial charge in [-0.15, -0.1) is 0 Å². The Morgan fingerprint density at radius 2 is 1.13 bits per heavy atom. The Morgan fingerprint density at radius 1 is 0.711 bits per heavy atom. The van der Waals surface area contributed by atoms with Gasteiger partial charge >= 0.3 is 5.97 Å². The van der Waals surface area contributed by atoms with E-state index < -0.39 is 72.2 Å². The van der Waals surface area contributed by atoms with Crippen molar-refractivity contribution < 1.29 is 44.3 Å². The summed E-state index contributed by atoms with van der Waals surface area (Å²) in [6.07, 6.45) is 0. The first-order valence-electron chi connectivity index (χ1n) is 11.0. The second kappa shape index (κ2) is 11.6. The molecule has 0 bridgehead atoms. The van der Waals surface area contributed by atoms with Gasteiger partial charge in [0, 0.05) is 19.6 Å². The van der Waals surface area contributed by atoms with Gasteiger partial charge in [0.25, 0.3) is 0 Å². The SMILES string of the molecule is CCN(Cc1ccccc1CN(CC(=O)O)S(=O)(=O)c1ccc(F)c(F)c1)S(=O)(=O)c1ccc(F)c(F)c1. The molecule has 0 fully saturated rings. The molecule has 38 heavy (non-hydrogen) atoms. The van der Waals surface area contributed by atoms with Crippen molar-refractivity contribution in [3.63, 3.8) is 0 Å². The van der Waals surface area contributed by atoms with Gasteiger partial charge in [-0.05, 0) is 47.5 Å². The Labute approximate surface area is 216 Å². The number of carboxylic acids is 1. The third kappa shape index (κ3) is 6.38. The molecular formula is C24H22F4N2O6S2. The van der Waals surface area contributed by atoms with Gasteiger partial charge in [0.1, 0.15) is 6.54 Å². The van der Waals surface area contributed by atoms with E-state index in [9.17, 15) is 44.3 Å². The lowest BCUT2D eigenvalue weighted by molar-refractivity contribution is -0.137. The van der Waals surface area contributed by atoms with Crippen LogP contribution >= 0.6 is 0 Å². The molecule has 0 heterocycles. The largest absolute Gasteiger partial charge is 0.480 e. The lowest BCUT2D eigenvalue weighted by Gasteiger charge is -2.25. The summed E-state index contributed by atoms with van der Waals surface area (Å²) < 4.78 is 108. The maximum atomic E-state index is 13.7. The third-order valence-corrected chi connectivity index (χ3v) is 9.24. The average Bonchev–Trinajstić information content (AvgIpc) is 2.85. The fraction of sp³-hybridized carbons (Fsp3) is 0.208. The monoisotopic (exact) mass is 574 g/mol. The van der Waals surface area contributed by atoms with Crippen LogP contribution in [0.4, 0.5) is 17.6 Å². The summed E-state index contributed by atoms with van der Waals surface area (Å²) in [5.41, 5.74) is 0.509. The molecule has 204 valence electrons. The van der Waals surface area contributed by atoms with Crippen molar-refractivity contribution in [2.75, 3.05) is 13.1 Å². The summed E-state index contributed by atoms with van der Waals surface area (Å²) in [7, 11) is -8.94. The minimum absolute atomic E-state index is 0.0956. The van der Waals surface area contributed by atoms with E-state index in [0.29, 0.717) is 28.6 Å². The standard InChI is InChI=1S/C24H22F4N2O6S2/c1-2-29(37(33,34)18-7-9-20(25)22(27)11-18)13-16-5-3-4-6-17(16)14-30(15-24(31)32)38(35,36)19-8-10-21(26)23(28)12-19/h3-12H,2,13-15H2,1H3,(H,31,32). The zero-order valence-corrected chi connectivity index (χ0v) is 21.4. The first-order chi connectivity index (χ1) is 17.8. The minimum Gasteiger partial charge on any atom is -0.480 e. The molecule has 0 atom stereocenters. The van der Waals surface area contributed by atoms with E-state index in [1.165, 1.54) is 25.1 Å². The third-order valence-electron chi connectivity index (χ3n) is 5.53. The topological polar surface area (TPSA) is 112 Å². The van der Waals surface area contributed by atoms with Gasteiger partial charge in [0.05, 0.1) is 9.79 Å². The molecule has 0 aliphatic heterocycles. The van der Waals surface area contributed by atoms with Crippen LogP contribution in [0.5, 0.6) is 0 Å². The fourth-order valence-electron chi connectivity index (χ4n) is 3.56. The van der Waals surface area contributed by atoms with Crippen LogP contribution < -0.4 is 0 Å². The highest BCUT2D eigenvalue weighted by Crippen LogP contribution is 2.25. The molecule has 0 aliphatic carbocycles. The number of hydrogen-bond donors (Lipinski definition) is 1. The molecule has 0 radical (unpaired) electrons. The van der Waals surface area contributed by atoms with Crippen molar-refractivity contribution in [1.29, 1.82) is 0 Å². The molecule has 0 aliphatic rings. The van der Waals surface area contributed by atoms with Crippen molar-refractivity contribution in [3.8, 4) is 0 Å². The summed E-state index contributed by atoms with van der Waals surface area (Å²) >= 11 is 0. The molecule has 8 nitrogen and oxygen atoms in total. The number of halogens is 4. The van der Waals surface area contributed by atoms with Crippen LogP contribution in [0.1, 0.15) is 18.1 Å². The number of aliphatic carboxylic acids is 1. The number of carbonyl (C=O) groups is 1. The highest BCUT2D eigenvalue weighted by Gasteiger charge is 2.30. The Bertz CT molecular complexity index is 1570. The number of nitrogens with zero attached hydrogens (tertiary/aromatic N) is 2. The van der Waals surface area contributed by atoms with E-state index in [-0.39, 0.29) is 24.2 Å². The predicted molar refractivity (Wildman–Crippen MR) is 128 cm³/mol. The van der Waals surface area contributed by atoms with Crippen LogP contribution in [-0.2, 0) is 37.9 Å². The second-order valence-electron chi connectivity index (χ2n) is 8.02. The number of sulfonamides is 2. The van der Waals surface area contributed by atoms with Crippen molar-refractivity contribution in [1.82, 2.24) is 8.61 Å². The highest BCUT2D eigenvalue weighted by atomic mass is 32.2. The molecule has 14 heteroatoms. The number of carboxylic acid groups (broad SMARTS) is 1. The Balaban J connectivity index is 1.98. The van der Waals surface area contributed by atoms with Gasteiger partial charge < -0.3 is 5.11 Å². The summed E-state index contributed by atoms with van der Waals surface area (Å²) in [6, 6.07) is 9.94. The first kappa shape index (κ1) is 29.2. The molecule has 3 aromatic carbocycles. The van der Waals surface area contributed by atoms with Gasteiger partial charge in [0.2, 0.25) is 20.0 Å². The Hall–Kier alpha value is -3.33. The molecule has 3 aromatic rings. The molecule has 1 N–H and O–H groups in total. The van der Waals surface area contributed by atoms with E-state index in [2.05, 4.69) is 0 Å². The quantitative estimate of drug-likeness (QED) is 0.350. The van der Waals surface area contributed by atoms with Gasteiger partial charge in [-0.1, -0.05) is 31.2 Å². The molecule has 0 saturated heterocycles. The van der Waals surface area contributed by atoms with Gasteiger partial charge in [-0.3, -0.25) is 4.79 Å². The lowest BCUT2D eigenvalue weighted by Crippen LogP contribution is -2.36. The smallest absolute Gasteiger partial charge is 0.318 e. The summed E-state index contributed by atoms with van der Waals surface area (Å²) in [5.74, 6) is -6.83. The first-order valence-corrected chi connectivity index (χ1v) is 13.8. The van der Waals surface area contributed by atoms with Crippen molar-refractivity contribution in [3.05, 3.63) is 95.1 Å². The molecule has 0 aromatic heterocycles. The highest BCUT2D eigenvalue weighted by molar-refractivity contribution is 7.89. The number of benzene rings is 3. The normalized spacial score (nSPS) is 12.3. The van der Waals surface area contributed by atoms with E-state index in [0.717, 1.165) is 16.4 Å². The van der Waals surface area contributed by atoms with Crippen LogP contribution in [0.3, 0.4) is 0 Å². The van der Waals surface area contributed by atoms with E-state index >= 15 is 0 Å². The van der Waals surface area contributed by atoms with Gasteiger partial charge in [-0.25, -0.2) is 34.4 Å². The lowest BCUT2D eigenvalue weighted by atomic mass is 10.1. The summed E-state index contributed by atoms with van der Waals surface area (Å²) in [4.78, 5) is 10.3. The zero-order chi connectivity index (χ0) is 28.3. The summed E-state index contributed by atoms with van der Waals surface area (Å²) in [5, 5.41) is 9.31. The van der Waals surface area contributed by atoms with Gasteiger partial charge in [0.15, 0.2) is 23.3 Å². The van der Waals surface area contributed by atoms with E-state index in [1.807, 2.05) is 0 Å². The van der Waals surface area contributed by atoms with Crippen LogP contribution in [0.25, 0.3) is 0 Å². The maximum absolute atomic E-state index is 13.7. The maximum Gasteiger partial charge on any atom is 0.318 e. The average molecular weight is 575 g/mol. The Morgan fingerprint density at radius 3 is 1.53 bits per heavy atom. The molecule has 0 spiro atoms. The molecule has 0 saturated carbocycles. The molecule has 0 amide bonds. The van der Waals surface area contributed by atoms with Crippen molar-refractivity contribution in [2.24, 2.45) is 0 Å². The van der Waals surface area contributed by atoms with Gasteiger partial charge in [-0.2, -0.15) is 8.61 Å². The predicted octanol–water partition coefficient (Wildman–Crippen LogP) is 3.73. The second-order valence-corrected chi connectivity index (χ2v) is 11.9. The zero-order valence-electron chi connectivity index (χ0n) is 19.8. The molecule has 3 rings (SSSR count). The van der Waals surface area contributed by atoms with Crippen molar-refractivity contribution >= 4 is 26.0 Å². The number of hydrogen-bond acceptors (Lipinski definition) is 5.